The Balaban J connectivity index is 2.76. The second-order valence-corrected chi connectivity index (χ2v) is 6.29. The second-order valence-electron chi connectivity index (χ2n) is 4.76. The number of nitrogens with zero attached hydrogens (tertiary/aromatic N) is 2. The van der Waals surface area contributed by atoms with Crippen LogP contribution in [0.15, 0.2) is 35.2 Å². The first-order valence-electron chi connectivity index (χ1n) is 6.39. The van der Waals surface area contributed by atoms with Gasteiger partial charge < -0.3 is 10.4 Å². The van der Waals surface area contributed by atoms with E-state index in [9.17, 15) is 23.3 Å². The second kappa shape index (κ2) is 6.22. The molecule has 0 amide bonds. The van der Waals surface area contributed by atoms with Crippen molar-refractivity contribution in [2.45, 2.75) is 11.8 Å². The molecular formula is C13H12N4O6S. The SMILES string of the molecule is Cc1cccc(Nc2c([N+](=O)[O-])cc(C(=O)O)cc2S(N)(=O)=O)n1. The van der Waals surface area contributed by atoms with Crippen LogP contribution in [0, 0.1) is 17.0 Å². The van der Waals surface area contributed by atoms with Gasteiger partial charge in [-0.3, -0.25) is 10.1 Å². The summed E-state index contributed by atoms with van der Waals surface area (Å²) in [6.45, 7) is 1.67. The number of hydrogen-bond acceptors (Lipinski definition) is 7. The van der Waals surface area contributed by atoms with E-state index in [-0.39, 0.29) is 5.82 Å². The molecule has 0 radical (unpaired) electrons. The number of nitro groups is 1. The van der Waals surface area contributed by atoms with E-state index < -0.39 is 42.7 Å². The highest BCUT2D eigenvalue weighted by Gasteiger charge is 2.27. The Hall–Kier alpha value is -3.05. The monoisotopic (exact) mass is 352 g/mol. The molecule has 2 aromatic rings. The van der Waals surface area contributed by atoms with Crippen molar-refractivity contribution < 1.29 is 23.2 Å². The van der Waals surface area contributed by atoms with Crippen LogP contribution < -0.4 is 10.5 Å². The molecule has 10 nitrogen and oxygen atoms in total. The molecule has 0 atom stereocenters. The van der Waals surface area contributed by atoms with Gasteiger partial charge in [-0.15, -0.1) is 0 Å². The van der Waals surface area contributed by atoms with Crippen molar-refractivity contribution in [1.82, 2.24) is 4.98 Å². The van der Waals surface area contributed by atoms with Crippen molar-refractivity contribution in [2.75, 3.05) is 5.32 Å². The number of aromatic carboxylic acids is 1. The molecule has 1 aromatic heterocycles. The van der Waals surface area contributed by atoms with Gasteiger partial charge in [0.15, 0.2) is 0 Å². The number of nitro benzene ring substituents is 1. The summed E-state index contributed by atoms with van der Waals surface area (Å²) in [5, 5.41) is 27.9. The number of sulfonamides is 1. The molecule has 24 heavy (non-hydrogen) atoms. The van der Waals surface area contributed by atoms with Crippen LogP contribution in [0.4, 0.5) is 17.2 Å². The molecule has 2 rings (SSSR count). The summed E-state index contributed by atoms with van der Waals surface area (Å²) in [4.78, 5) is 24.8. The Bertz CT molecular complexity index is 941. The van der Waals surface area contributed by atoms with E-state index in [1.807, 2.05) is 0 Å². The number of primary sulfonamides is 1. The molecule has 126 valence electrons. The highest BCUT2D eigenvalue weighted by atomic mass is 32.2. The number of aryl methyl sites for hydroxylation is 1. The van der Waals surface area contributed by atoms with E-state index in [4.69, 9.17) is 10.2 Å². The van der Waals surface area contributed by atoms with Crippen LogP contribution in [-0.4, -0.2) is 29.4 Å². The van der Waals surface area contributed by atoms with Gasteiger partial charge in [-0.25, -0.2) is 23.3 Å². The highest BCUT2D eigenvalue weighted by Crippen LogP contribution is 2.34. The largest absolute Gasteiger partial charge is 0.478 e. The number of carboxylic acids is 1. The molecule has 4 N–H and O–H groups in total. The summed E-state index contributed by atoms with van der Waals surface area (Å²) in [7, 11) is -4.43. The molecule has 0 aliphatic rings. The number of pyridine rings is 1. The number of nitrogens with two attached hydrogens (primary N) is 1. The zero-order valence-electron chi connectivity index (χ0n) is 12.3. The van der Waals surface area contributed by atoms with Crippen LogP contribution in [0.2, 0.25) is 0 Å². The quantitative estimate of drug-likeness (QED) is 0.536. The molecule has 0 fully saturated rings. The zero-order chi connectivity index (χ0) is 18.1. The lowest BCUT2D eigenvalue weighted by molar-refractivity contribution is -0.384. The molecule has 0 saturated carbocycles. The number of benzene rings is 1. The minimum absolute atomic E-state index is 0.145. The summed E-state index contributed by atoms with van der Waals surface area (Å²) in [6, 6.07) is 6.25. The Morgan fingerprint density at radius 3 is 2.54 bits per heavy atom. The van der Waals surface area contributed by atoms with Crippen molar-refractivity contribution in [3.8, 4) is 0 Å². The fourth-order valence-corrected chi connectivity index (χ4v) is 2.69. The minimum Gasteiger partial charge on any atom is -0.478 e. The molecule has 1 aromatic carbocycles. The summed E-state index contributed by atoms with van der Waals surface area (Å²) in [5.74, 6) is -1.38. The number of anilines is 2. The van der Waals surface area contributed by atoms with Crippen LogP contribution in [-0.2, 0) is 10.0 Å². The minimum atomic E-state index is -4.43. The third-order valence-corrected chi connectivity index (χ3v) is 3.91. The highest BCUT2D eigenvalue weighted by molar-refractivity contribution is 7.89. The average molecular weight is 352 g/mol. The lowest BCUT2D eigenvalue weighted by Crippen LogP contribution is -2.16. The molecule has 0 unspecified atom stereocenters. The van der Waals surface area contributed by atoms with Gasteiger partial charge in [0.25, 0.3) is 5.69 Å². The van der Waals surface area contributed by atoms with Crippen molar-refractivity contribution in [1.29, 1.82) is 0 Å². The van der Waals surface area contributed by atoms with Crippen molar-refractivity contribution >= 4 is 33.2 Å². The van der Waals surface area contributed by atoms with Gasteiger partial charge >= 0.3 is 5.97 Å². The standard InChI is InChI=1S/C13H12N4O6S/c1-7-3-2-4-11(15-7)16-12-9(17(20)21)5-8(13(18)19)6-10(12)24(14,22)23/h2-6H,1H3,(H,15,16)(H,18,19)(H2,14,22,23). The average Bonchev–Trinajstić information content (AvgIpc) is 2.45. The Morgan fingerprint density at radius 1 is 1.38 bits per heavy atom. The molecule has 11 heteroatoms. The molecule has 0 aliphatic carbocycles. The molecule has 0 bridgehead atoms. The van der Waals surface area contributed by atoms with Gasteiger partial charge in [0.2, 0.25) is 10.0 Å². The number of nitrogens with one attached hydrogen (secondary N) is 1. The van der Waals surface area contributed by atoms with Gasteiger partial charge in [0, 0.05) is 11.8 Å². The summed E-state index contributed by atoms with van der Waals surface area (Å²) in [5.41, 5.74) is -1.19. The van der Waals surface area contributed by atoms with E-state index in [2.05, 4.69) is 10.3 Å². The van der Waals surface area contributed by atoms with E-state index >= 15 is 0 Å². The van der Waals surface area contributed by atoms with Crippen LogP contribution in [0.25, 0.3) is 0 Å². The number of rotatable bonds is 5. The van der Waals surface area contributed by atoms with Gasteiger partial charge in [-0.2, -0.15) is 0 Å². The number of carboxylic acid groups (broad SMARTS) is 1. The number of hydrogen-bond donors (Lipinski definition) is 3. The predicted octanol–water partition coefficient (Wildman–Crippen LogP) is 1.39. The normalized spacial score (nSPS) is 11.1. The third kappa shape index (κ3) is 3.64. The summed E-state index contributed by atoms with van der Waals surface area (Å²) < 4.78 is 23.5. The number of carbonyl (C=O) groups is 1. The molecule has 1 heterocycles. The van der Waals surface area contributed by atoms with Crippen molar-refractivity contribution in [3.05, 3.63) is 51.7 Å². The van der Waals surface area contributed by atoms with Gasteiger partial charge in [0.1, 0.15) is 16.4 Å². The van der Waals surface area contributed by atoms with Crippen LogP contribution in [0.3, 0.4) is 0 Å². The van der Waals surface area contributed by atoms with Crippen molar-refractivity contribution in [2.24, 2.45) is 5.14 Å². The van der Waals surface area contributed by atoms with Gasteiger partial charge in [-0.1, -0.05) is 6.07 Å². The maximum atomic E-state index is 11.8. The number of aromatic nitrogens is 1. The maximum absolute atomic E-state index is 11.8. The lowest BCUT2D eigenvalue weighted by atomic mass is 10.1. The molecule has 0 spiro atoms. The first-order chi connectivity index (χ1) is 11.1. The van der Waals surface area contributed by atoms with E-state index in [1.165, 1.54) is 6.07 Å². The first kappa shape index (κ1) is 17.3. The predicted molar refractivity (Wildman–Crippen MR) is 83.7 cm³/mol. The molecule has 0 aliphatic heterocycles. The van der Waals surface area contributed by atoms with E-state index in [1.54, 1.807) is 19.1 Å². The Labute approximate surface area is 136 Å². The maximum Gasteiger partial charge on any atom is 0.335 e. The molecular weight excluding hydrogens is 340 g/mol. The lowest BCUT2D eigenvalue weighted by Gasteiger charge is -2.12. The zero-order valence-corrected chi connectivity index (χ0v) is 13.1. The van der Waals surface area contributed by atoms with Crippen LogP contribution in [0.1, 0.15) is 16.1 Å². The summed E-state index contributed by atoms with van der Waals surface area (Å²) in [6.07, 6.45) is 0. The Kier molecular flexibility index (Phi) is 4.48. The fraction of sp³-hybridized carbons (Fsp3) is 0.0769. The van der Waals surface area contributed by atoms with Gasteiger partial charge in [-0.05, 0) is 25.1 Å². The summed E-state index contributed by atoms with van der Waals surface area (Å²) >= 11 is 0. The topological polar surface area (TPSA) is 166 Å². The van der Waals surface area contributed by atoms with Crippen molar-refractivity contribution in [3.63, 3.8) is 0 Å². The Morgan fingerprint density at radius 2 is 2.04 bits per heavy atom. The molecule has 0 saturated heterocycles. The smallest absolute Gasteiger partial charge is 0.335 e. The van der Waals surface area contributed by atoms with Crippen LogP contribution >= 0.6 is 0 Å². The van der Waals surface area contributed by atoms with E-state index in [0.717, 1.165) is 12.1 Å². The first-order valence-corrected chi connectivity index (χ1v) is 7.93. The van der Waals surface area contributed by atoms with Gasteiger partial charge in [0.05, 0.1) is 10.5 Å². The van der Waals surface area contributed by atoms with Crippen LogP contribution in [0.5, 0.6) is 0 Å². The van der Waals surface area contributed by atoms with E-state index in [0.29, 0.717) is 5.69 Å². The fourth-order valence-electron chi connectivity index (χ4n) is 1.96. The third-order valence-electron chi connectivity index (χ3n) is 2.97.